The van der Waals surface area contributed by atoms with Crippen molar-refractivity contribution in [3.05, 3.63) is 71.7 Å². The van der Waals surface area contributed by atoms with Gasteiger partial charge in [-0.05, 0) is 36.2 Å². The first-order valence-corrected chi connectivity index (χ1v) is 10.2. The molecule has 0 amide bonds. The van der Waals surface area contributed by atoms with E-state index in [4.69, 9.17) is 0 Å². The van der Waals surface area contributed by atoms with Crippen LogP contribution in [0.4, 0.5) is 4.39 Å². The number of pyridine rings is 1. The summed E-state index contributed by atoms with van der Waals surface area (Å²) in [5, 5.41) is 3.99. The molecule has 1 aromatic heterocycles. The van der Waals surface area contributed by atoms with Gasteiger partial charge in [-0.2, -0.15) is 4.31 Å². The molecular weight excluding hydrogens is 365 g/mol. The van der Waals surface area contributed by atoms with Crippen LogP contribution in [0.1, 0.15) is 17.2 Å². The minimum atomic E-state index is -3.82. The highest BCUT2D eigenvalue weighted by Crippen LogP contribution is 2.33. The molecule has 0 aliphatic carbocycles. The molecule has 1 N–H and O–H groups in total. The summed E-state index contributed by atoms with van der Waals surface area (Å²) in [6, 6.07) is 13.0. The Hall–Kier alpha value is -2.35. The Morgan fingerprint density at radius 1 is 1.19 bits per heavy atom. The minimum absolute atomic E-state index is 0.226. The SMILES string of the molecule is Cc1ccc2cccnc2c1S(=O)(=O)N1CCNCC1c1cccc(F)c1. The van der Waals surface area contributed by atoms with Crippen molar-refractivity contribution in [1.82, 2.24) is 14.6 Å². The summed E-state index contributed by atoms with van der Waals surface area (Å²) in [4.78, 5) is 4.56. The zero-order valence-electron chi connectivity index (χ0n) is 14.9. The van der Waals surface area contributed by atoms with Gasteiger partial charge in [-0.1, -0.05) is 30.3 Å². The molecule has 1 aliphatic rings. The van der Waals surface area contributed by atoms with Crippen molar-refractivity contribution in [3.8, 4) is 0 Å². The molecule has 0 radical (unpaired) electrons. The van der Waals surface area contributed by atoms with Crippen LogP contribution >= 0.6 is 0 Å². The van der Waals surface area contributed by atoms with E-state index in [9.17, 15) is 12.8 Å². The molecule has 0 bridgehead atoms. The average molecular weight is 385 g/mol. The van der Waals surface area contributed by atoms with Crippen LogP contribution in [-0.4, -0.2) is 37.3 Å². The van der Waals surface area contributed by atoms with E-state index in [1.54, 1.807) is 37.4 Å². The first-order chi connectivity index (χ1) is 13.0. The third-order valence-corrected chi connectivity index (χ3v) is 7.01. The van der Waals surface area contributed by atoms with E-state index in [1.165, 1.54) is 16.4 Å². The predicted octanol–water partition coefficient (Wildman–Crippen LogP) is 3.02. The van der Waals surface area contributed by atoms with E-state index in [-0.39, 0.29) is 10.7 Å². The molecule has 0 saturated carbocycles. The summed E-state index contributed by atoms with van der Waals surface area (Å²) >= 11 is 0. The number of fused-ring (bicyclic) bond motifs is 1. The zero-order valence-corrected chi connectivity index (χ0v) is 15.7. The largest absolute Gasteiger partial charge is 0.313 e. The van der Waals surface area contributed by atoms with Crippen molar-refractivity contribution in [2.75, 3.05) is 19.6 Å². The number of rotatable bonds is 3. The first-order valence-electron chi connectivity index (χ1n) is 8.81. The van der Waals surface area contributed by atoms with Gasteiger partial charge in [0.2, 0.25) is 10.0 Å². The number of nitrogens with zero attached hydrogens (tertiary/aromatic N) is 2. The smallest absolute Gasteiger partial charge is 0.246 e. The van der Waals surface area contributed by atoms with E-state index in [0.29, 0.717) is 36.3 Å². The van der Waals surface area contributed by atoms with E-state index >= 15 is 0 Å². The fraction of sp³-hybridized carbons (Fsp3) is 0.250. The van der Waals surface area contributed by atoms with Crippen LogP contribution in [0.2, 0.25) is 0 Å². The maximum atomic E-state index is 13.7. The highest BCUT2D eigenvalue weighted by atomic mass is 32.2. The number of benzene rings is 2. The number of aryl methyl sites for hydroxylation is 1. The molecule has 1 fully saturated rings. The van der Waals surface area contributed by atoms with E-state index in [1.807, 2.05) is 12.1 Å². The Morgan fingerprint density at radius 3 is 2.85 bits per heavy atom. The molecule has 5 nitrogen and oxygen atoms in total. The van der Waals surface area contributed by atoms with Gasteiger partial charge >= 0.3 is 0 Å². The first kappa shape index (κ1) is 18.0. The number of sulfonamides is 1. The van der Waals surface area contributed by atoms with Gasteiger partial charge in [0, 0.05) is 31.2 Å². The predicted molar refractivity (Wildman–Crippen MR) is 102 cm³/mol. The Bertz CT molecular complexity index is 1100. The molecule has 0 spiro atoms. The number of nitrogens with one attached hydrogen (secondary N) is 1. The molecule has 1 aliphatic heterocycles. The van der Waals surface area contributed by atoms with Crippen LogP contribution in [0.25, 0.3) is 10.9 Å². The Morgan fingerprint density at radius 2 is 2.04 bits per heavy atom. The standard InChI is InChI=1S/C20H20FN3O2S/c1-14-7-8-15-5-3-9-23-19(15)20(14)27(25,26)24-11-10-22-13-18(24)16-4-2-6-17(21)12-16/h2-9,12,18,22H,10-11,13H2,1H3. The summed E-state index contributed by atoms with van der Waals surface area (Å²) in [5.74, 6) is -0.376. The fourth-order valence-electron chi connectivity index (χ4n) is 3.63. The highest BCUT2D eigenvalue weighted by molar-refractivity contribution is 7.89. The molecule has 7 heteroatoms. The third kappa shape index (κ3) is 3.22. The van der Waals surface area contributed by atoms with Gasteiger partial charge in [-0.3, -0.25) is 4.98 Å². The summed E-state index contributed by atoms with van der Waals surface area (Å²) in [6.07, 6.45) is 1.60. The van der Waals surface area contributed by atoms with Gasteiger partial charge in [0.1, 0.15) is 10.7 Å². The number of hydrogen-bond acceptors (Lipinski definition) is 4. The normalized spacial score (nSPS) is 18.7. The monoisotopic (exact) mass is 385 g/mol. The van der Waals surface area contributed by atoms with E-state index < -0.39 is 16.1 Å². The maximum Gasteiger partial charge on any atom is 0.246 e. The molecular formula is C20H20FN3O2S. The second kappa shape index (κ2) is 6.99. The highest BCUT2D eigenvalue weighted by Gasteiger charge is 2.36. The fourth-order valence-corrected chi connectivity index (χ4v) is 5.62. The van der Waals surface area contributed by atoms with Gasteiger partial charge in [-0.15, -0.1) is 0 Å². The van der Waals surface area contributed by atoms with Crippen molar-refractivity contribution in [2.45, 2.75) is 17.9 Å². The summed E-state index contributed by atoms with van der Waals surface area (Å²) < 4.78 is 42.5. The molecule has 27 heavy (non-hydrogen) atoms. The molecule has 140 valence electrons. The summed E-state index contributed by atoms with van der Waals surface area (Å²) in [5.41, 5.74) is 1.75. The van der Waals surface area contributed by atoms with Crippen LogP contribution in [0.5, 0.6) is 0 Å². The van der Waals surface area contributed by atoms with Crippen LogP contribution in [0.15, 0.2) is 59.6 Å². The number of aromatic nitrogens is 1. The topological polar surface area (TPSA) is 62.3 Å². The second-order valence-corrected chi connectivity index (χ2v) is 8.50. The van der Waals surface area contributed by atoms with Crippen molar-refractivity contribution in [3.63, 3.8) is 0 Å². The van der Waals surface area contributed by atoms with Gasteiger partial charge in [-0.25, -0.2) is 12.8 Å². The summed E-state index contributed by atoms with van der Waals surface area (Å²) in [6.45, 7) is 3.06. The van der Waals surface area contributed by atoms with Gasteiger partial charge < -0.3 is 5.32 Å². The van der Waals surface area contributed by atoms with Crippen LogP contribution in [0.3, 0.4) is 0 Å². The van der Waals surface area contributed by atoms with Gasteiger partial charge in [0.05, 0.1) is 11.6 Å². The van der Waals surface area contributed by atoms with E-state index in [0.717, 1.165) is 5.39 Å². The minimum Gasteiger partial charge on any atom is -0.313 e. The maximum absolute atomic E-state index is 13.7. The third-order valence-electron chi connectivity index (χ3n) is 4.92. The Balaban J connectivity index is 1.87. The number of halogens is 1. The quantitative estimate of drug-likeness (QED) is 0.753. The van der Waals surface area contributed by atoms with E-state index in [2.05, 4.69) is 10.3 Å². The van der Waals surface area contributed by atoms with Crippen LogP contribution in [0, 0.1) is 12.7 Å². The van der Waals surface area contributed by atoms with Crippen molar-refractivity contribution in [1.29, 1.82) is 0 Å². The molecule has 2 aromatic carbocycles. The van der Waals surface area contributed by atoms with Crippen LogP contribution < -0.4 is 5.32 Å². The average Bonchev–Trinajstić information content (AvgIpc) is 2.67. The molecule has 4 rings (SSSR count). The van der Waals surface area contributed by atoms with Crippen molar-refractivity contribution < 1.29 is 12.8 Å². The molecule has 1 saturated heterocycles. The number of hydrogen-bond donors (Lipinski definition) is 1. The van der Waals surface area contributed by atoms with Crippen molar-refractivity contribution >= 4 is 20.9 Å². The van der Waals surface area contributed by atoms with Gasteiger partial charge in [0.15, 0.2) is 0 Å². The van der Waals surface area contributed by atoms with Crippen LogP contribution in [-0.2, 0) is 10.0 Å². The zero-order chi connectivity index (χ0) is 19.0. The van der Waals surface area contributed by atoms with Gasteiger partial charge in [0.25, 0.3) is 0 Å². The summed E-state index contributed by atoms with van der Waals surface area (Å²) in [7, 11) is -3.82. The molecule has 2 heterocycles. The number of piperazine rings is 1. The lowest BCUT2D eigenvalue weighted by atomic mass is 10.1. The Labute approximate surface area is 157 Å². The molecule has 3 aromatic rings. The van der Waals surface area contributed by atoms with Crippen molar-refractivity contribution in [2.24, 2.45) is 0 Å². The molecule has 1 unspecified atom stereocenters. The Kier molecular flexibility index (Phi) is 4.67. The second-order valence-electron chi connectivity index (χ2n) is 6.68. The lowest BCUT2D eigenvalue weighted by molar-refractivity contribution is 0.271. The lowest BCUT2D eigenvalue weighted by Gasteiger charge is -2.36. The molecule has 1 atom stereocenters. The lowest BCUT2D eigenvalue weighted by Crippen LogP contribution is -2.48.